The Kier molecular flexibility index (Phi) is 4.14. The molecular formula is C14H17N3O3. The second-order valence-electron chi connectivity index (χ2n) is 4.78. The first kappa shape index (κ1) is 14.2. The highest BCUT2D eigenvalue weighted by molar-refractivity contribution is 5.42. The molecule has 106 valence electrons. The lowest BCUT2D eigenvalue weighted by Crippen LogP contribution is -2.13. The minimum atomic E-state index is -0.354. The highest BCUT2D eigenvalue weighted by Gasteiger charge is 2.11. The Labute approximate surface area is 116 Å². The molecule has 1 aromatic heterocycles. The van der Waals surface area contributed by atoms with Crippen LogP contribution in [-0.2, 0) is 13.1 Å². The summed E-state index contributed by atoms with van der Waals surface area (Å²) in [6.45, 7) is 6.69. The van der Waals surface area contributed by atoms with Crippen molar-refractivity contribution in [1.29, 1.82) is 0 Å². The Bertz CT molecular complexity index is 615. The molecule has 2 rings (SSSR count). The fourth-order valence-electron chi connectivity index (χ4n) is 2.05. The third-order valence-electron chi connectivity index (χ3n) is 3.28. The van der Waals surface area contributed by atoms with Crippen molar-refractivity contribution in [2.75, 3.05) is 0 Å². The number of benzene rings is 1. The third kappa shape index (κ3) is 3.03. The number of nitrogens with one attached hydrogen (secondary N) is 1. The van der Waals surface area contributed by atoms with Gasteiger partial charge in [0.25, 0.3) is 5.69 Å². The molecule has 2 aromatic rings. The van der Waals surface area contributed by atoms with Gasteiger partial charge in [0.1, 0.15) is 5.76 Å². The monoisotopic (exact) mass is 275 g/mol. The quantitative estimate of drug-likeness (QED) is 0.670. The van der Waals surface area contributed by atoms with Crippen LogP contribution in [-0.4, -0.2) is 10.1 Å². The first-order chi connectivity index (χ1) is 9.49. The molecule has 0 aliphatic heterocycles. The third-order valence-corrected chi connectivity index (χ3v) is 3.28. The van der Waals surface area contributed by atoms with Gasteiger partial charge in [0.05, 0.1) is 10.6 Å². The van der Waals surface area contributed by atoms with E-state index in [2.05, 4.69) is 10.5 Å². The molecule has 0 aliphatic carbocycles. The van der Waals surface area contributed by atoms with Gasteiger partial charge in [-0.1, -0.05) is 17.3 Å². The Balaban J connectivity index is 2.01. The van der Waals surface area contributed by atoms with Gasteiger partial charge < -0.3 is 9.84 Å². The minimum Gasteiger partial charge on any atom is -0.361 e. The van der Waals surface area contributed by atoms with Crippen LogP contribution in [0.5, 0.6) is 0 Å². The van der Waals surface area contributed by atoms with E-state index in [1.54, 1.807) is 19.1 Å². The summed E-state index contributed by atoms with van der Waals surface area (Å²) in [5, 5.41) is 18.0. The van der Waals surface area contributed by atoms with Crippen molar-refractivity contribution in [3.63, 3.8) is 0 Å². The van der Waals surface area contributed by atoms with Crippen LogP contribution >= 0.6 is 0 Å². The predicted octanol–water partition coefficient (Wildman–Crippen LogP) is 2.80. The van der Waals surface area contributed by atoms with E-state index in [1.807, 2.05) is 19.9 Å². The molecule has 1 aromatic carbocycles. The van der Waals surface area contributed by atoms with Crippen LogP contribution in [0.15, 0.2) is 22.7 Å². The van der Waals surface area contributed by atoms with Crippen LogP contribution < -0.4 is 5.32 Å². The maximum atomic E-state index is 10.9. The molecule has 1 heterocycles. The number of rotatable bonds is 5. The van der Waals surface area contributed by atoms with Crippen LogP contribution in [0, 0.1) is 30.9 Å². The van der Waals surface area contributed by atoms with Gasteiger partial charge >= 0.3 is 0 Å². The van der Waals surface area contributed by atoms with E-state index in [0.29, 0.717) is 18.7 Å². The molecule has 0 amide bonds. The average molecular weight is 275 g/mol. The molecule has 0 aliphatic rings. The number of aromatic nitrogens is 1. The van der Waals surface area contributed by atoms with Crippen LogP contribution in [0.2, 0.25) is 0 Å². The lowest BCUT2D eigenvalue weighted by atomic mass is 10.1. The normalized spacial score (nSPS) is 10.8. The minimum absolute atomic E-state index is 0.154. The molecule has 0 radical (unpaired) electrons. The maximum absolute atomic E-state index is 10.9. The van der Waals surface area contributed by atoms with E-state index in [9.17, 15) is 10.1 Å². The number of hydrogen-bond acceptors (Lipinski definition) is 5. The first-order valence-corrected chi connectivity index (χ1v) is 6.35. The summed E-state index contributed by atoms with van der Waals surface area (Å²) in [6, 6.07) is 5.27. The molecule has 6 nitrogen and oxygen atoms in total. The second-order valence-corrected chi connectivity index (χ2v) is 4.78. The zero-order chi connectivity index (χ0) is 14.7. The summed E-state index contributed by atoms with van der Waals surface area (Å²) in [4.78, 5) is 10.5. The zero-order valence-electron chi connectivity index (χ0n) is 11.8. The molecule has 0 bridgehead atoms. The SMILES string of the molecule is Cc1ccc(CNCc2c(C)noc2C)cc1[N+](=O)[O-]. The summed E-state index contributed by atoms with van der Waals surface area (Å²) < 4.78 is 5.09. The summed E-state index contributed by atoms with van der Waals surface area (Å²) in [6.07, 6.45) is 0. The van der Waals surface area contributed by atoms with Crippen LogP contribution in [0.1, 0.15) is 28.1 Å². The number of aryl methyl sites for hydroxylation is 3. The van der Waals surface area contributed by atoms with Crippen molar-refractivity contribution in [2.45, 2.75) is 33.9 Å². The molecule has 0 fully saturated rings. The molecule has 20 heavy (non-hydrogen) atoms. The fourth-order valence-corrected chi connectivity index (χ4v) is 2.05. The summed E-state index contributed by atoms with van der Waals surface area (Å²) in [5.41, 5.74) is 3.61. The number of nitro benzene ring substituents is 1. The predicted molar refractivity (Wildman–Crippen MR) is 74.4 cm³/mol. The van der Waals surface area contributed by atoms with Gasteiger partial charge in [-0.2, -0.15) is 0 Å². The second kappa shape index (κ2) is 5.83. The highest BCUT2D eigenvalue weighted by atomic mass is 16.6. The summed E-state index contributed by atoms with van der Waals surface area (Å²) in [7, 11) is 0. The van der Waals surface area contributed by atoms with Crippen molar-refractivity contribution in [3.05, 3.63) is 56.5 Å². The van der Waals surface area contributed by atoms with Crippen molar-refractivity contribution >= 4 is 5.69 Å². The van der Waals surface area contributed by atoms with Gasteiger partial charge in [-0.25, -0.2) is 0 Å². The lowest BCUT2D eigenvalue weighted by molar-refractivity contribution is -0.385. The van der Waals surface area contributed by atoms with Gasteiger partial charge in [-0.15, -0.1) is 0 Å². The van der Waals surface area contributed by atoms with Gasteiger partial charge in [0, 0.05) is 30.3 Å². The van der Waals surface area contributed by atoms with Crippen molar-refractivity contribution in [2.24, 2.45) is 0 Å². The van der Waals surface area contributed by atoms with Gasteiger partial charge in [-0.3, -0.25) is 10.1 Å². The molecule has 0 saturated heterocycles. The molecule has 0 spiro atoms. The standard InChI is InChI=1S/C14H17N3O3/c1-9-4-5-12(6-14(9)17(18)19)7-15-8-13-10(2)16-20-11(13)3/h4-6,15H,7-8H2,1-3H3. The van der Waals surface area contributed by atoms with Gasteiger partial charge in [0.15, 0.2) is 0 Å². The Morgan fingerprint density at radius 3 is 2.65 bits per heavy atom. The van der Waals surface area contributed by atoms with E-state index in [1.165, 1.54) is 0 Å². The summed E-state index contributed by atoms with van der Waals surface area (Å²) >= 11 is 0. The highest BCUT2D eigenvalue weighted by Crippen LogP contribution is 2.19. The molecular weight excluding hydrogens is 258 g/mol. The van der Waals surface area contributed by atoms with Crippen molar-refractivity contribution in [1.82, 2.24) is 10.5 Å². The number of nitrogens with zero attached hydrogens (tertiary/aromatic N) is 2. The average Bonchev–Trinajstić information content (AvgIpc) is 2.72. The van der Waals surface area contributed by atoms with Gasteiger partial charge in [-0.05, 0) is 26.3 Å². The Morgan fingerprint density at radius 1 is 1.30 bits per heavy atom. The van der Waals surface area contributed by atoms with Crippen molar-refractivity contribution in [3.8, 4) is 0 Å². The Morgan fingerprint density at radius 2 is 2.05 bits per heavy atom. The molecule has 1 N–H and O–H groups in total. The van der Waals surface area contributed by atoms with Crippen LogP contribution in [0.4, 0.5) is 5.69 Å². The molecule has 0 saturated carbocycles. The molecule has 0 atom stereocenters. The van der Waals surface area contributed by atoms with E-state index in [-0.39, 0.29) is 10.6 Å². The summed E-state index contributed by atoms with van der Waals surface area (Å²) in [5.74, 6) is 0.796. The number of nitro groups is 1. The fraction of sp³-hybridized carbons (Fsp3) is 0.357. The smallest absolute Gasteiger partial charge is 0.272 e. The van der Waals surface area contributed by atoms with E-state index >= 15 is 0 Å². The van der Waals surface area contributed by atoms with Gasteiger partial charge in [0.2, 0.25) is 0 Å². The van der Waals surface area contributed by atoms with Crippen LogP contribution in [0.25, 0.3) is 0 Å². The van der Waals surface area contributed by atoms with E-state index in [4.69, 9.17) is 4.52 Å². The largest absolute Gasteiger partial charge is 0.361 e. The molecule has 0 unspecified atom stereocenters. The first-order valence-electron chi connectivity index (χ1n) is 6.35. The lowest BCUT2D eigenvalue weighted by Gasteiger charge is -2.05. The van der Waals surface area contributed by atoms with Crippen molar-refractivity contribution < 1.29 is 9.45 Å². The van der Waals surface area contributed by atoms with E-state index < -0.39 is 0 Å². The zero-order valence-corrected chi connectivity index (χ0v) is 11.8. The molecule has 6 heteroatoms. The van der Waals surface area contributed by atoms with Crippen LogP contribution in [0.3, 0.4) is 0 Å². The van der Waals surface area contributed by atoms with E-state index in [0.717, 1.165) is 22.6 Å². The Hall–Kier alpha value is -2.21. The maximum Gasteiger partial charge on any atom is 0.272 e. The topological polar surface area (TPSA) is 81.2 Å². The number of hydrogen-bond donors (Lipinski definition) is 1.